The molecule has 0 bridgehead atoms. The van der Waals surface area contributed by atoms with Crippen LogP contribution in [-0.2, 0) is 9.59 Å². The van der Waals surface area contributed by atoms with Crippen molar-refractivity contribution in [1.29, 1.82) is 0 Å². The van der Waals surface area contributed by atoms with Gasteiger partial charge in [0.2, 0.25) is 0 Å². The van der Waals surface area contributed by atoms with Gasteiger partial charge in [-0.25, -0.2) is 0 Å². The van der Waals surface area contributed by atoms with Crippen LogP contribution in [-0.4, -0.2) is 36.0 Å². The minimum atomic E-state index is -0.897. The average molecular weight is 465 g/mol. The average Bonchev–Trinajstić information content (AvgIpc) is 3.09. The molecule has 1 amide bonds. The third-order valence-electron chi connectivity index (χ3n) is 5.45. The van der Waals surface area contributed by atoms with Crippen molar-refractivity contribution in [2.24, 2.45) is 0 Å². The number of halogens is 1. The van der Waals surface area contributed by atoms with Gasteiger partial charge in [0.1, 0.15) is 17.3 Å². The number of aryl methyl sites for hydroxylation is 1. The van der Waals surface area contributed by atoms with Crippen molar-refractivity contribution in [2.45, 2.75) is 13.0 Å². The first-order valence-electron chi connectivity index (χ1n) is 10.1. The number of aliphatic hydroxyl groups excluding tert-OH is 1. The quantitative estimate of drug-likeness (QED) is 0.335. The number of rotatable bonds is 5. The standard InChI is InChI=1S/C25H21ClN2O5/c1-14-6-4-8-16(10-14)28-22(15-7-5-9-27-13-15)21(24(30)25(28)31)23(29)17-11-18(26)20(33-3)12-19(17)32-2/h4-13,22,29H,1-3H3/b23-21+. The van der Waals surface area contributed by atoms with Crippen LogP contribution in [0.5, 0.6) is 11.5 Å². The second-order valence-corrected chi connectivity index (χ2v) is 7.89. The van der Waals surface area contributed by atoms with Crippen molar-refractivity contribution in [2.75, 3.05) is 19.1 Å². The van der Waals surface area contributed by atoms with Gasteiger partial charge in [-0.2, -0.15) is 0 Å². The maximum absolute atomic E-state index is 13.3. The Bertz CT molecular complexity index is 1270. The highest BCUT2D eigenvalue weighted by Crippen LogP contribution is 2.44. The van der Waals surface area contributed by atoms with E-state index in [-0.39, 0.29) is 21.9 Å². The maximum atomic E-state index is 13.3. The van der Waals surface area contributed by atoms with Crippen LogP contribution in [0.2, 0.25) is 5.02 Å². The van der Waals surface area contributed by atoms with Gasteiger partial charge in [0.15, 0.2) is 0 Å². The van der Waals surface area contributed by atoms with Gasteiger partial charge in [-0.15, -0.1) is 0 Å². The summed E-state index contributed by atoms with van der Waals surface area (Å²) >= 11 is 6.28. The summed E-state index contributed by atoms with van der Waals surface area (Å²) < 4.78 is 10.6. The van der Waals surface area contributed by atoms with Crippen LogP contribution >= 0.6 is 11.6 Å². The minimum absolute atomic E-state index is 0.0889. The third kappa shape index (κ3) is 3.91. The second kappa shape index (κ2) is 8.96. The molecule has 2 aromatic carbocycles. The summed E-state index contributed by atoms with van der Waals surface area (Å²) in [5.41, 5.74) is 2.10. The van der Waals surface area contributed by atoms with Gasteiger partial charge in [0.25, 0.3) is 11.7 Å². The molecule has 0 radical (unpaired) electrons. The largest absolute Gasteiger partial charge is 0.507 e. The number of ketones is 1. The van der Waals surface area contributed by atoms with Gasteiger partial charge in [-0.05, 0) is 42.3 Å². The van der Waals surface area contributed by atoms with Gasteiger partial charge in [0.05, 0.1) is 36.4 Å². The summed E-state index contributed by atoms with van der Waals surface area (Å²) in [6.45, 7) is 1.89. The first kappa shape index (κ1) is 22.4. The Morgan fingerprint density at radius 2 is 1.82 bits per heavy atom. The molecule has 0 saturated carbocycles. The predicted molar refractivity (Wildman–Crippen MR) is 125 cm³/mol. The Hall–Kier alpha value is -3.84. The Morgan fingerprint density at radius 3 is 2.45 bits per heavy atom. The highest BCUT2D eigenvalue weighted by molar-refractivity contribution is 6.51. The van der Waals surface area contributed by atoms with Crippen molar-refractivity contribution in [3.63, 3.8) is 0 Å². The number of aliphatic hydroxyl groups is 1. The minimum Gasteiger partial charge on any atom is -0.507 e. The first-order valence-corrected chi connectivity index (χ1v) is 10.4. The molecule has 1 saturated heterocycles. The van der Waals surface area contributed by atoms with E-state index in [9.17, 15) is 14.7 Å². The molecule has 1 fully saturated rings. The molecular formula is C25H21ClN2O5. The number of aromatic nitrogens is 1. The van der Waals surface area contributed by atoms with E-state index in [0.29, 0.717) is 17.0 Å². The lowest BCUT2D eigenvalue weighted by Gasteiger charge is -2.25. The van der Waals surface area contributed by atoms with E-state index in [2.05, 4.69) is 4.98 Å². The molecule has 33 heavy (non-hydrogen) atoms. The Kier molecular flexibility index (Phi) is 6.07. The van der Waals surface area contributed by atoms with E-state index in [0.717, 1.165) is 5.56 Å². The summed E-state index contributed by atoms with van der Waals surface area (Å²) in [4.78, 5) is 32.0. The summed E-state index contributed by atoms with van der Waals surface area (Å²) in [5, 5.41) is 11.6. The Labute approximate surface area is 195 Å². The van der Waals surface area contributed by atoms with E-state index in [1.807, 2.05) is 13.0 Å². The third-order valence-corrected chi connectivity index (χ3v) is 5.75. The second-order valence-electron chi connectivity index (χ2n) is 7.48. The number of carbonyl (C=O) groups is 2. The summed E-state index contributed by atoms with van der Waals surface area (Å²) in [6, 6.07) is 12.7. The summed E-state index contributed by atoms with van der Waals surface area (Å²) in [7, 11) is 2.87. The molecule has 1 N–H and O–H groups in total. The van der Waals surface area contributed by atoms with Crippen molar-refractivity contribution < 1.29 is 24.2 Å². The molecule has 1 atom stereocenters. The lowest BCUT2D eigenvalue weighted by molar-refractivity contribution is -0.132. The van der Waals surface area contributed by atoms with E-state index in [4.69, 9.17) is 21.1 Å². The number of carbonyl (C=O) groups excluding carboxylic acids is 2. The molecule has 8 heteroatoms. The Morgan fingerprint density at radius 1 is 1.06 bits per heavy atom. The predicted octanol–water partition coefficient (Wildman–Crippen LogP) is 4.69. The van der Waals surface area contributed by atoms with Crippen LogP contribution in [0.3, 0.4) is 0 Å². The van der Waals surface area contributed by atoms with Crippen LogP contribution in [0.15, 0.2) is 66.5 Å². The van der Waals surface area contributed by atoms with Crippen LogP contribution < -0.4 is 14.4 Å². The number of hydrogen-bond acceptors (Lipinski definition) is 6. The van der Waals surface area contributed by atoms with Crippen molar-refractivity contribution in [3.8, 4) is 11.5 Å². The molecule has 7 nitrogen and oxygen atoms in total. The maximum Gasteiger partial charge on any atom is 0.300 e. The zero-order chi connectivity index (χ0) is 23.7. The lowest BCUT2D eigenvalue weighted by atomic mass is 9.95. The SMILES string of the molecule is COc1cc(OC)c(/C(O)=C2\C(=O)C(=O)N(c3cccc(C)c3)C2c2cccnc2)cc1Cl. The number of Topliss-reactive ketones (excluding diaryl/α,β-unsaturated/α-hetero) is 1. The normalized spacial score (nSPS) is 17.3. The number of methoxy groups -OCH3 is 2. The smallest absolute Gasteiger partial charge is 0.300 e. The molecular weight excluding hydrogens is 444 g/mol. The van der Waals surface area contributed by atoms with Crippen LogP contribution in [0.25, 0.3) is 5.76 Å². The highest BCUT2D eigenvalue weighted by Gasteiger charge is 2.47. The number of hydrogen-bond donors (Lipinski definition) is 1. The molecule has 1 unspecified atom stereocenters. The monoisotopic (exact) mass is 464 g/mol. The zero-order valence-electron chi connectivity index (χ0n) is 18.2. The summed E-state index contributed by atoms with van der Waals surface area (Å²) in [6.07, 6.45) is 3.15. The number of anilines is 1. The van der Waals surface area contributed by atoms with E-state index in [1.54, 1.807) is 42.7 Å². The molecule has 3 aromatic rings. The fourth-order valence-electron chi connectivity index (χ4n) is 3.92. The van der Waals surface area contributed by atoms with E-state index in [1.165, 1.54) is 31.3 Å². The number of benzene rings is 2. The number of ether oxygens (including phenoxy) is 2. The molecule has 1 aromatic heterocycles. The summed E-state index contributed by atoms with van der Waals surface area (Å²) in [5.74, 6) is -1.40. The Balaban J connectivity index is 1.98. The topological polar surface area (TPSA) is 89.0 Å². The number of amides is 1. The van der Waals surface area contributed by atoms with Gasteiger partial charge >= 0.3 is 0 Å². The van der Waals surface area contributed by atoms with Gasteiger partial charge in [0, 0.05) is 24.1 Å². The highest BCUT2D eigenvalue weighted by atomic mass is 35.5. The van der Waals surface area contributed by atoms with E-state index < -0.39 is 23.5 Å². The molecule has 4 rings (SSSR count). The first-order chi connectivity index (χ1) is 15.9. The molecule has 1 aliphatic rings. The van der Waals surface area contributed by atoms with Crippen LogP contribution in [0.1, 0.15) is 22.7 Å². The molecule has 1 aliphatic heterocycles. The number of nitrogens with zero attached hydrogens (tertiary/aromatic N) is 2. The fourth-order valence-corrected chi connectivity index (χ4v) is 4.16. The molecule has 0 aliphatic carbocycles. The van der Waals surface area contributed by atoms with E-state index >= 15 is 0 Å². The van der Waals surface area contributed by atoms with Crippen LogP contribution in [0.4, 0.5) is 5.69 Å². The van der Waals surface area contributed by atoms with Crippen molar-refractivity contribution in [1.82, 2.24) is 4.98 Å². The molecule has 0 spiro atoms. The molecule has 168 valence electrons. The number of pyridine rings is 1. The van der Waals surface area contributed by atoms with Gasteiger partial charge < -0.3 is 14.6 Å². The van der Waals surface area contributed by atoms with Crippen LogP contribution in [0, 0.1) is 6.92 Å². The van der Waals surface area contributed by atoms with Crippen molar-refractivity contribution >= 4 is 34.7 Å². The molecule has 2 heterocycles. The lowest BCUT2D eigenvalue weighted by Crippen LogP contribution is -2.29. The van der Waals surface area contributed by atoms with Crippen molar-refractivity contribution in [3.05, 3.63) is 88.2 Å². The fraction of sp³-hybridized carbons (Fsp3) is 0.160. The zero-order valence-corrected chi connectivity index (χ0v) is 19.0. The van der Waals surface area contributed by atoms with Gasteiger partial charge in [-0.1, -0.05) is 29.8 Å². The van der Waals surface area contributed by atoms with Gasteiger partial charge in [-0.3, -0.25) is 19.5 Å².